The Balaban J connectivity index is 0.000000503. The summed E-state index contributed by atoms with van der Waals surface area (Å²) in [6.07, 6.45) is 70.6. The van der Waals surface area contributed by atoms with E-state index >= 15 is 0 Å². The molecule has 0 radical (unpaired) electrons. The van der Waals surface area contributed by atoms with Gasteiger partial charge >= 0.3 is 0 Å². The number of hydrogen-bond acceptors (Lipinski definition) is 33. The van der Waals surface area contributed by atoms with Crippen molar-refractivity contribution < 1.29 is 22.3 Å². The number of thiazole rings is 1. The molecular formula is C62H68N26O5S2. The Hall–Kier alpha value is -13.0. The molecule has 0 fully saturated rings. The first-order valence-electron chi connectivity index (χ1n) is 27.3. The molecule has 17 heterocycles. The van der Waals surface area contributed by atoms with Crippen molar-refractivity contribution in [3.8, 4) is 0 Å². The van der Waals surface area contributed by atoms with Gasteiger partial charge in [-0.15, -0.1) is 26.6 Å². The Morgan fingerprint density at radius 3 is 1.23 bits per heavy atom. The standard InChI is InChI=1S/C5H5N.C5H6.3C4H4N2.2C4H5N.C4H4O.C4H4S.C3H3N3.2C3H4N2.2C3H3NO.C3H3NS.C2H3N3.2C2H2N2O/c1-2-4-6-5-3-1;1-2-4-5-3-1;1-2-6-4-3-5-1;1-2-5-4-6-3-1;1-2-4-6-5-3-1;4*1-2-4-5-3-1;1-4-2-6-3-5-1;1-2-5-3-4-1;1-2-4-5-3-1;1-2-5-3-4-1;1-2-4-5-3-1;1-2-5-3-4-1;1-3-2-5-4-1;1-3-4-2-5-1;1-3-2-5-4-1/h1-5H;1-4H,5H2;3*1-4H;1,3-4H,2H2;1-3H,4H2;2*1-4H;1-3H;1,3H,2H2;1-2H,3H2;3*1-3H;1H,2H2;2*1-2H. The van der Waals surface area contributed by atoms with E-state index in [-0.39, 0.29) is 0 Å². The normalized spacial score (nSPS) is 11.0. The van der Waals surface area contributed by atoms with E-state index in [4.69, 9.17) is 0 Å². The lowest BCUT2D eigenvalue weighted by atomic mass is 10.5. The van der Waals surface area contributed by atoms with Crippen molar-refractivity contribution >= 4 is 54.0 Å². The maximum atomic E-state index is 4.58. The summed E-state index contributed by atoms with van der Waals surface area (Å²) in [5.74, 6) is 0. The molecule has 0 spiro atoms. The van der Waals surface area contributed by atoms with E-state index in [2.05, 4.69) is 178 Å². The molecule has 95 heavy (non-hydrogen) atoms. The molecule has 0 saturated carbocycles. The molecule has 31 nitrogen and oxygen atoms in total. The molecule has 12 aromatic rings. The Kier molecular flexibility index (Phi) is 64.9. The van der Waals surface area contributed by atoms with E-state index in [0.29, 0.717) is 6.67 Å². The Labute approximate surface area is 556 Å². The molecule has 0 unspecified atom stereocenters. The largest absolute Gasteiger partial charge is 0.473 e. The van der Waals surface area contributed by atoms with Crippen molar-refractivity contribution in [1.29, 1.82) is 0 Å². The quantitative estimate of drug-likeness (QED) is 0.136. The zero-order valence-corrected chi connectivity index (χ0v) is 52.7. The summed E-state index contributed by atoms with van der Waals surface area (Å²) >= 11 is 3.31. The van der Waals surface area contributed by atoms with Gasteiger partial charge in [0.2, 0.25) is 19.2 Å². The van der Waals surface area contributed by atoms with Crippen LogP contribution in [-0.2, 0) is 0 Å². The molecule has 0 amide bonds. The van der Waals surface area contributed by atoms with Crippen LogP contribution in [-0.4, -0.2) is 143 Å². The fourth-order valence-electron chi connectivity index (χ4n) is 4.19. The summed E-state index contributed by atoms with van der Waals surface area (Å²) in [7, 11) is 0. The van der Waals surface area contributed by atoms with Crippen LogP contribution in [0.15, 0.2) is 380 Å². The van der Waals surface area contributed by atoms with Crippen LogP contribution in [0.1, 0.15) is 12.8 Å². The van der Waals surface area contributed by atoms with Crippen molar-refractivity contribution in [2.75, 3.05) is 26.3 Å². The van der Waals surface area contributed by atoms with Crippen LogP contribution in [0.3, 0.4) is 0 Å². The SMILES string of the molecule is C1=CCC=C1.C1=CCN=C1.C1=CN=CC1.C1=CN=NC1.C1=NC=NC1.C1=NCN=N1.c1ccncc1.c1ccnnc1.c1ccoc1.c1ccsc1.c1cnccn1.c1cncnc1.c1cnoc1.c1cocn1.c1cscn1.c1ncncn1.c1ncon1.c1nnco1. The van der Waals surface area contributed by atoms with Gasteiger partial charge in [0.1, 0.15) is 50.5 Å². The lowest BCUT2D eigenvalue weighted by molar-refractivity contribution is 0.416. The number of nitrogens with zero attached hydrogens (tertiary/aromatic N) is 26. The van der Waals surface area contributed by atoms with Crippen molar-refractivity contribution in [3.05, 3.63) is 312 Å². The van der Waals surface area contributed by atoms with Gasteiger partial charge in [0, 0.05) is 111 Å². The summed E-state index contributed by atoms with van der Waals surface area (Å²) in [6.45, 7) is 2.97. The Morgan fingerprint density at radius 1 is 0.326 bits per heavy atom. The number of pyridine rings is 1. The molecule has 33 heteroatoms. The second-order valence-electron chi connectivity index (χ2n) is 14.6. The number of aliphatic imine (C=N–C) groups is 5. The van der Waals surface area contributed by atoms with Gasteiger partial charge in [0.15, 0.2) is 19.4 Å². The molecule has 18 rings (SSSR count). The second kappa shape index (κ2) is 77.1. The topological polar surface area (TPSA) is 396 Å². The van der Waals surface area contributed by atoms with Crippen LogP contribution < -0.4 is 0 Å². The zero-order valence-electron chi connectivity index (χ0n) is 51.1. The van der Waals surface area contributed by atoms with E-state index in [0.717, 1.165) is 32.5 Å². The highest BCUT2D eigenvalue weighted by atomic mass is 32.1. The molecule has 0 aromatic carbocycles. The maximum Gasteiger partial charge on any atom is 0.213 e. The number of furan rings is 1. The van der Waals surface area contributed by atoms with Crippen LogP contribution in [0.5, 0.6) is 0 Å². The molecular weight excluding hydrogens is 1250 g/mol. The number of allylic oxidation sites excluding steroid dienone is 6. The van der Waals surface area contributed by atoms with Crippen LogP contribution in [0.25, 0.3) is 0 Å². The van der Waals surface area contributed by atoms with Crippen molar-refractivity contribution in [1.82, 2.24) is 85.5 Å². The summed E-state index contributed by atoms with van der Waals surface area (Å²) in [5, 5.41) is 40.3. The lowest BCUT2D eigenvalue weighted by Crippen LogP contribution is -1.73. The van der Waals surface area contributed by atoms with Gasteiger partial charge in [-0.3, -0.25) is 34.9 Å². The van der Waals surface area contributed by atoms with Crippen molar-refractivity contribution in [2.45, 2.75) is 12.8 Å². The van der Waals surface area contributed by atoms with Crippen molar-refractivity contribution in [2.24, 2.45) is 45.4 Å². The van der Waals surface area contributed by atoms with Crippen LogP contribution in [0.4, 0.5) is 0 Å². The van der Waals surface area contributed by atoms with Gasteiger partial charge < -0.3 is 22.3 Å². The average Bonchev–Trinajstić information content (AvgIpc) is 4.49. The lowest BCUT2D eigenvalue weighted by Gasteiger charge is -1.70. The number of rotatable bonds is 0. The average molecular weight is 1320 g/mol. The molecule has 5 aliphatic heterocycles. The van der Waals surface area contributed by atoms with E-state index in [1.54, 1.807) is 165 Å². The van der Waals surface area contributed by atoms with E-state index in [1.165, 1.54) is 76.1 Å². The third-order valence-corrected chi connectivity index (χ3v) is 8.99. The zero-order chi connectivity index (χ0) is 67.2. The van der Waals surface area contributed by atoms with Crippen molar-refractivity contribution in [3.63, 3.8) is 0 Å². The minimum absolute atomic E-state index is 0.528. The fraction of sp³-hybridized carbons (Fsp3) is 0.0968. The predicted octanol–water partition coefficient (Wildman–Crippen LogP) is 12.6. The highest BCUT2D eigenvalue weighted by Gasteiger charge is 1.77. The summed E-state index contributed by atoms with van der Waals surface area (Å²) in [4.78, 5) is 58.7. The minimum Gasteiger partial charge on any atom is -0.473 e. The molecule has 0 bridgehead atoms. The van der Waals surface area contributed by atoms with E-state index in [9.17, 15) is 0 Å². The van der Waals surface area contributed by atoms with Crippen LogP contribution in [0, 0.1) is 0 Å². The number of thiophene rings is 1. The molecule has 488 valence electrons. The van der Waals surface area contributed by atoms with Crippen LogP contribution >= 0.6 is 22.7 Å². The van der Waals surface area contributed by atoms with Gasteiger partial charge in [-0.2, -0.15) is 36.9 Å². The predicted molar refractivity (Wildman–Crippen MR) is 363 cm³/mol. The number of hydrogen-bond donors (Lipinski definition) is 0. The fourth-order valence-corrected chi connectivity index (χ4v) is 4.99. The van der Waals surface area contributed by atoms with Crippen LogP contribution in [0.2, 0.25) is 0 Å². The third kappa shape index (κ3) is 75.1. The van der Waals surface area contributed by atoms with Gasteiger partial charge in [-0.25, -0.2) is 44.9 Å². The maximum absolute atomic E-state index is 4.58. The smallest absolute Gasteiger partial charge is 0.213 e. The summed E-state index contributed by atoms with van der Waals surface area (Å²) in [5.41, 5.74) is 1.79. The first-order valence-corrected chi connectivity index (χ1v) is 29.2. The summed E-state index contributed by atoms with van der Waals surface area (Å²) in [6, 6.07) is 20.6. The molecule has 0 saturated heterocycles. The third-order valence-electron chi connectivity index (χ3n) is 7.84. The molecule has 6 aliphatic rings. The van der Waals surface area contributed by atoms with Gasteiger partial charge in [-0.1, -0.05) is 65.0 Å². The van der Waals surface area contributed by atoms with E-state index in [1.807, 2.05) is 101 Å². The van der Waals surface area contributed by atoms with Gasteiger partial charge in [0.05, 0.1) is 50.1 Å². The first kappa shape index (κ1) is 80.0. The highest BCUT2D eigenvalue weighted by molar-refractivity contribution is 7.07. The number of azo groups is 2. The minimum atomic E-state index is 0.528. The Morgan fingerprint density at radius 2 is 1.04 bits per heavy atom. The van der Waals surface area contributed by atoms with E-state index < -0.39 is 0 Å². The summed E-state index contributed by atoms with van der Waals surface area (Å²) < 4.78 is 22.0. The molecule has 12 aromatic heterocycles. The first-order chi connectivity index (χ1) is 47.5. The Bertz CT molecular complexity index is 2580. The van der Waals surface area contributed by atoms with Gasteiger partial charge in [0.25, 0.3) is 0 Å². The highest BCUT2D eigenvalue weighted by Crippen LogP contribution is 1.94. The molecule has 0 N–H and O–H groups in total. The second-order valence-corrected chi connectivity index (χ2v) is 16.2. The monoisotopic (exact) mass is 1320 g/mol. The number of aromatic nitrogens is 17. The number of oxazole rings is 1. The molecule has 0 atom stereocenters. The van der Waals surface area contributed by atoms with Gasteiger partial charge in [-0.05, 0) is 77.9 Å². The molecule has 1 aliphatic carbocycles.